The molecule has 0 saturated carbocycles. The maximum absolute atomic E-state index is 8.38. The molecule has 0 aliphatic rings. The molecule has 0 amide bonds. The van der Waals surface area contributed by atoms with Crippen molar-refractivity contribution in [3.63, 3.8) is 0 Å². The molecule has 0 bridgehead atoms. The minimum Gasteiger partial charge on any atom is -0.493 e. The van der Waals surface area contributed by atoms with Gasteiger partial charge in [-0.3, -0.25) is 0 Å². The Morgan fingerprint density at radius 2 is 2.27 bits per heavy atom. The first-order chi connectivity index (χ1) is 7.42. The van der Waals surface area contributed by atoms with E-state index in [0.717, 1.165) is 23.1 Å². The number of hydrogen-bond acceptors (Lipinski definition) is 3. The Bertz CT molecular complexity index is 482. The SMILES string of the molecule is N#CCCCOc1cccc2occc12. The van der Waals surface area contributed by atoms with Gasteiger partial charge in [-0.05, 0) is 24.6 Å². The average Bonchev–Trinajstić information content (AvgIpc) is 2.73. The second kappa shape index (κ2) is 4.52. The number of furan rings is 1. The number of ether oxygens (including phenoxy) is 1. The molecule has 3 nitrogen and oxygen atoms in total. The third kappa shape index (κ3) is 2.10. The summed E-state index contributed by atoms with van der Waals surface area (Å²) in [7, 11) is 0. The Morgan fingerprint density at radius 3 is 3.13 bits per heavy atom. The van der Waals surface area contributed by atoms with Gasteiger partial charge in [0.05, 0.1) is 24.3 Å². The maximum atomic E-state index is 8.38. The van der Waals surface area contributed by atoms with Crippen molar-refractivity contribution >= 4 is 11.0 Å². The highest BCUT2D eigenvalue weighted by Crippen LogP contribution is 2.26. The van der Waals surface area contributed by atoms with E-state index in [4.69, 9.17) is 14.4 Å². The van der Waals surface area contributed by atoms with Crippen molar-refractivity contribution in [2.45, 2.75) is 12.8 Å². The second-order valence-corrected chi connectivity index (χ2v) is 3.20. The standard InChI is InChI=1S/C12H11NO2/c13-7-1-2-8-14-11-4-3-5-12-10(11)6-9-15-12/h3-6,9H,1-2,8H2. The lowest BCUT2D eigenvalue weighted by molar-refractivity contribution is 0.316. The second-order valence-electron chi connectivity index (χ2n) is 3.20. The Morgan fingerprint density at radius 1 is 1.33 bits per heavy atom. The van der Waals surface area contributed by atoms with Gasteiger partial charge in [0.15, 0.2) is 0 Å². The summed E-state index contributed by atoms with van der Waals surface area (Å²) in [6, 6.07) is 9.67. The minimum absolute atomic E-state index is 0.529. The molecule has 0 N–H and O–H groups in total. The van der Waals surface area contributed by atoms with Crippen LogP contribution in [0.25, 0.3) is 11.0 Å². The molecule has 0 aliphatic heterocycles. The third-order valence-corrected chi connectivity index (χ3v) is 2.15. The van der Waals surface area contributed by atoms with Crippen LogP contribution in [0.4, 0.5) is 0 Å². The monoisotopic (exact) mass is 201 g/mol. The molecule has 2 rings (SSSR count). The van der Waals surface area contributed by atoms with Crippen LogP contribution in [0.2, 0.25) is 0 Å². The zero-order chi connectivity index (χ0) is 10.5. The number of nitrogens with zero attached hydrogens (tertiary/aromatic N) is 1. The van der Waals surface area contributed by atoms with Crippen molar-refractivity contribution in [3.05, 3.63) is 30.5 Å². The summed E-state index contributed by atoms with van der Waals surface area (Å²) in [5.74, 6) is 0.819. The van der Waals surface area contributed by atoms with Crippen LogP contribution in [0.1, 0.15) is 12.8 Å². The molecule has 0 atom stereocenters. The number of nitriles is 1. The van der Waals surface area contributed by atoms with E-state index < -0.39 is 0 Å². The van der Waals surface area contributed by atoms with E-state index in [1.807, 2.05) is 24.3 Å². The molecule has 0 spiro atoms. The predicted molar refractivity (Wildman–Crippen MR) is 56.6 cm³/mol. The van der Waals surface area contributed by atoms with Gasteiger partial charge in [-0.2, -0.15) is 5.26 Å². The zero-order valence-corrected chi connectivity index (χ0v) is 8.27. The molecule has 3 heteroatoms. The Balaban J connectivity index is 2.08. The van der Waals surface area contributed by atoms with Crippen molar-refractivity contribution in [1.29, 1.82) is 5.26 Å². The van der Waals surface area contributed by atoms with E-state index in [2.05, 4.69) is 6.07 Å². The average molecular weight is 201 g/mol. The molecule has 1 heterocycles. The van der Waals surface area contributed by atoms with E-state index in [0.29, 0.717) is 13.0 Å². The quantitative estimate of drug-likeness (QED) is 0.714. The van der Waals surface area contributed by atoms with Gasteiger partial charge in [-0.15, -0.1) is 0 Å². The van der Waals surface area contributed by atoms with Crippen LogP contribution < -0.4 is 4.74 Å². The highest BCUT2D eigenvalue weighted by molar-refractivity contribution is 5.83. The van der Waals surface area contributed by atoms with Crippen LogP contribution in [-0.2, 0) is 0 Å². The van der Waals surface area contributed by atoms with E-state index in [-0.39, 0.29) is 0 Å². The topological polar surface area (TPSA) is 46.2 Å². The lowest BCUT2D eigenvalue weighted by atomic mass is 10.2. The minimum atomic E-state index is 0.529. The number of fused-ring (bicyclic) bond motifs is 1. The summed E-state index contributed by atoms with van der Waals surface area (Å²) >= 11 is 0. The Hall–Kier alpha value is -1.95. The molecule has 2 aromatic rings. The molecule has 0 radical (unpaired) electrons. The fourth-order valence-corrected chi connectivity index (χ4v) is 1.43. The van der Waals surface area contributed by atoms with Crippen LogP contribution in [0.15, 0.2) is 34.9 Å². The van der Waals surface area contributed by atoms with E-state index in [9.17, 15) is 0 Å². The van der Waals surface area contributed by atoms with Gasteiger partial charge in [0.25, 0.3) is 0 Å². The first-order valence-electron chi connectivity index (χ1n) is 4.88. The van der Waals surface area contributed by atoms with Crippen LogP contribution in [0.5, 0.6) is 5.75 Å². The first kappa shape index (κ1) is 9.60. The molecule has 0 fully saturated rings. The molecule has 1 aromatic heterocycles. The van der Waals surface area contributed by atoms with Crippen molar-refractivity contribution in [2.75, 3.05) is 6.61 Å². The first-order valence-corrected chi connectivity index (χ1v) is 4.88. The molecule has 0 saturated heterocycles. The fraction of sp³-hybridized carbons (Fsp3) is 0.250. The van der Waals surface area contributed by atoms with Gasteiger partial charge < -0.3 is 9.15 Å². The van der Waals surface area contributed by atoms with Crippen LogP contribution in [0.3, 0.4) is 0 Å². The molecule has 76 valence electrons. The molecule has 1 aromatic carbocycles. The summed E-state index contributed by atoms with van der Waals surface area (Å²) in [4.78, 5) is 0. The highest BCUT2D eigenvalue weighted by atomic mass is 16.5. The van der Waals surface area contributed by atoms with Gasteiger partial charge in [-0.25, -0.2) is 0 Å². The van der Waals surface area contributed by atoms with Crippen LogP contribution >= 0.6 is 0 Å². The zero-order valence-electron chi connectivity index (χ0n) is 8.27. The van der Waals surface area contributed by atoms with Gasteiger partial charge in [0, 0.05) is 6.42 Å². The van der Waals surface area contributed by atoms with Crippen molar-refractivity contribution in [3.8, 4) is 11.8 Å². The lowest BCUT2D eigenvalue weighted by Gasteiger charge is -2.04. The lowest BCUT2D eigenvalue weighted by Crippen LogP contribution is -1.96. The third-order valence-electron chi connectivity index (χ3n) is 2.15. The predicted octanol–water partition coefficient (Wildman–Crippen LogP) is 3.12. The smallest absolute Gasteiger partial charge is 0.137 e. The Kier molecular flexibility index (Phi) is 2.89. The van der Waals surface area contributed by atoms with Crippen LogP contribution in [0, 0.1) is 11.3 Å². The van der Waals surface area contributed by atoms with Gasteiger partial charge >= 0.3 is 0 Å². The normalized spacial score (nSPS) is 10.1. The largest absolute Gasteiger partial charge is 0.493 e. The summed E-state index contributed by atoms with van der Waals surface area (Å²) in [5, 5.41) is 9.36. The van der Waals surface area contributed by atoms with E-state index in [1.165, 1.54) is 0 Å². The van der Waals surface area contributed by atoms with Gasteiger partial charge in [0.2, 0.25) is 0 Å². The summed E-state index contributed by atoms with van der Waals surface area (Å²) in [6.07, 6.45) is 2.93. The van der Waals surface area contributed by atoms with Crippen molar-refractivity contribution in [1.82, 2.24) is 0 Å². The number of hydrogen-bond donors (Lipinski definition) is 0. The Labute approximate surface area is 87.9 Å². The molecule has 0 unspecified atom stereocenters. The molecule has 15 heavy (non-hydrogen) atoms. The summed E-state index contributed by atoms with van der Waals surface area (Å²) in [6.45, 7) is 0.567. The maximum Gasteiger partial charge on any atom is 0.137 e. The number of rotatable bonds is 4. The van der Waals surface area contributed by atoms with Crippen molar-refractivity contribution < 1.29 is 9.15 Å². The molecular formula is C12H11NO2. The summed E-state index contributed by atoms with van der Waals surface area (Å²) in [5.41, 5.74) is 0.827. The van der Waals surface area contributed by atoms with E-state index >= 15 is 0 Å². The fourth-order valence-electron chi connectivity index (χ4n) is 1.43. The number of benzene rings is 1. The molecule has 0 aliphatic carbocycles. The van der Waals surface area contributed by atoms with Gasteiger partial charge in [-0.1, -0.05) is 6.07 Å². The van der Waals surface area contributed by atoms with Crippen molar-refractivity contribution in [2.24, 2.45) is 0 Å². The number of unbranched alkanes of at least 4 members (excludes halogenated alkanes) is 1. The summed E-state index contributed by atoms with van der Waals surface area (Å²) < 4.78 is 10.8. The molecular weight excluding hydrogens is 190 g/mol. The highest BCUT2D eigenvalue weighted by Gasteiger charge is 2.03. The van der Waals surface area contributed by atoms with E-state index in [1.54, 1.807) is 6.26 Å². The van der Waals surface area contributed by atoms with Gasteiger partial charge in [0.1, 0.15) is 11.3 Å². The van der Waals surface area contributed by atoms with Crippen LogP contribution in [-0.4, -0.2) is 6.61 Å².